The first kappa shape index (κ1) is 31.2. The molecule has 1 aromatic carbocycles. The SMILES string of the molecule is O=C(O[C@H](c1ccc2c(c1)OCCO2)[C@@H](CN1CCCC1)NC(=O)c1ccc(-c2ccccn2)s1)C1=CCC=C(c2ccccn2)S1. The first-order chi connectivity index (χ1) is 23.1. The number of fused-ring (bicyclic) bond motifs is 1. The largest absolute Gasteiger partial charge is 0.486 e. The maximum Gasteiger partial charge on any atom is 0.345 e. The van der Waals surface area contributed by atoms with E-state index in [4.69, 9.17) is 14.2 Å². The highest BCUT2D eigenvalue weighted by atomic mass is 32.2. The third-order valence-electron chi connectivity index (χ3n) is 8.16. The molecule has 1 amide bonds. The quantitative estimate of drug-likeness (QED) is 0.190. The van der Waals surface area contributed by atoms with Crippen molar-refractivity contribution in [2.75, 3.05) is 32.8 Å². The molecule has 3 aromatic heterocycles. The van der Waals surface area contributed by atoms with Crippen LogP contribution in [0.2, 0.25) is 0 Å². The molecule has 1 fully saturated rings. The lowest BCUT2D eigenvalue weighted by Crippen LogP contribution is -2.47. The Balaban J connectivity index is 1.18. The number of hydrogen-bond acceptors (Lipinski definition) is 10. The number of thiophene rings is 1. The summed E-state index contributed by atoms with van der Waals surface area (Å²) in [5, 5.41) is 3.26. The van der Waals surface area contributed by atoms with Crippen molar-refractivity contribution in [2.24, 2.45) is 0 Å². The molecule has 11 heteroatoms. The van der Waals surface area contributed by atoms with E-state index in [1.165, 1.54) is 23.1 Å². The second-order valence-electron chi connectivity index (χ2n) is 11.4. The van der Waals surface area contributed by atoms with E-state index in [0.717, 1.165) is 47.1 Å². The summed E-state index contributed by atoms with van der Waals surface area (Å²) in [7, 11) is 0. The Morgan fingerprint density at radius 1 is 0.894 bits per heavy atom. The number of allylic oxidation sites excluding steroid dienone is 2. The summed E-state index contributed by atoms with van der Waals surface area (Å²) in [5.41, 5.74) is 2.33. The van der Waals surface area contributed by atoms with Gasteiger partial charge >= 0.3 is 5.97 Å². The van der Waals surface area contributed by atoms with Crippen LogP contribution in [-0.2, 0) is 9.53 Å². The first-order valence-electron chi connectivity index (χ1n) is 15.8. The number of amides is 1. The molecule has 3 aliphatic heterocycles. The van der Waals surface area contributed by atoms with Crippen molar-refractivity contribution in [3.63, 3.8) is 0 Å². The van der Waals surface area contributed by atoms with Gasteiger partial charge in [0.05, 0.1) is 32.1 Å². The van der Waals surface area contributed by atoms with Gasteiger partial charge in [-0.25, -0.2) is 4.79 Å². The van der Waals surface area contributed by atoms with Crippen LogP contribution >= 0.6 is 23.1 Å². The van der Waals surface area contributed by atoms with Crippen molar-refractivity contribution in [2.45, 2.75) is 31.4 Å². The third-order valence-corrected chi connectivity index (χ3v) is 10.4. The molecule has 9 nitrogen and oxygen atoms in total. The van der Waals surface area contributed by atoms with Gasteiger partial charge in [-0.2, -0.15) is 0 Å². The maximum atomic E-state index is 14.0. The standard InChI is InChI=1S/C36H34N4O5S2/c41-35(32-15-14-31(46-32)26-9-2-4-17-38-26)39-27(23-40-18-5-6-19-40)34(24-12-13-28-29(22-24)44-21-20-43-28)45-36(42)33-11-7-10-30(47-33)25-8-1-3-16-37-25/h1-4,8-17,22,27,34H,5-7,18-21,23H2,(H,39,41)/t27-,34-/m1/s1. The van der Waals surface area contributed by atoms with Gasteiger partial charge in [-0.1, -0.05) is 42.1 Å². The van der Waals surface area contributed by atoms with Crippen molar-refractivity contribution in [3.8, 4) is 22.1 Å². The summed E-state index contributed by atoms with van der Waals surface area (Å²) in [6.07, 6.45) is 9.36. The van der Waals surface area contributed by atoms with E-state index >= 15 is 0 Å². The average Bonchev–Trinajstić information content (AvgIpc) is 3.84. The lowest BCUT2D eigenvalue weighted by atomic mass is 10.00. The summed E-state index contributed by atoms with van der Waals surface area (Å²) in [6.45, 7) is 3.24. The molecule has 2 atom stereocenters. The molecule has 240 valence electrons. The van der Waals surface area contributed by atoms with E-state index in [9.17, 15) is 9.59 Å². The van der Waals surface area contributed by atoms with Gasteiger partial charge in [-0.15, -0.1) is 11.3 Å². The Labute approximate surface area is 281 Å². The number of benzene rings is 1. The number of pyridine rings is 2. The van der Waals surface area contributed by atoms with Crippen LogP contribution in [0.25, 0.3) is 15.5 Å². The van der Waals surface area contributed by atoms with Crippen molar-refractivity contribution < 1.29 is 23.8 Å². The first-order valence-corrected chi connectivity index (χ1v) is 17.4. The summed E-state index contributed by atoms with van der Waals surface area (Å²) in [5.74, 6) is 0.546. The van der Waals surface area contributed by atoms with Crippen LogP contribution < -0.4 is 14.8 Å². The van der Waals surface area contributed by atoms with Crippen LogP contribution in [-0.4, -0.2) is 65.6 Å². The Kier molecular flexibility index (Phi) is 9.64. The summed E-state index contributed by atoms with van der Waals surface area (Å²) in [4.78, 5) is 41.9. The fraction of sp³-hybridized carbons (Fsp3) is 0.278. The fourth-order valence-corrected chi connectivity index (χ4v) is 7.70. The molecule has 0 unspecified atom stereocenters. The predicted molar refractivity (Wildman–Crippen MR) is 183 cm³/mol. The molecule has 1 saturated heterocycles. The molecule has 3 aliphatic rings. The molecular weight excluding hydrogens is 633 g/mol. The molecule has 1 N–H and O–H groups in total. The number of likely N-dealkylation sites (tertiary alicyclic amines) is 1. The van der Waals surface area contributed by atoms with Gasteiger partial charge in [0.2, 0.25) is 0 Å². The number of thioether (sulfide) groups is 1. The van der Waals surface area contributed by atoms with Crippen LogP contribution in [0.5, 0.6) is 11.5 Å². The monoisotopic (exact) mass is 666 g/mol. The minimum absolute atomic E-state index is 0.230. The number of hydrogen-bond donors (Lipinski definition) is 1. The molecule has 0 saturated carbocycles. The van der Waals surface area contributed by atoms with Crippen LogP contribution in [0.3, 0.4) is 0 Å². The molecule has 0 aliphatic carbocycles. The Bertz CT molecular complexity index is 1790. The second-order valence-corrected chi connectivity index (χ2v) is 13.6. The smallest absolute Gasteiger partial charge is 0.345 e. The Morgan fingerprint density at radius 2 is 1.66 bits per heavy atom. The number of aromatic nitrogens is 2. The summed E-state index contributed by atoms with van der Waals surface area (Å²) >= 11 is 2.73. The number of esters is 1. The normalized spacial score (nSPS) is 17.3. The van der Waals surface area contributed by atoms with E-state index < -0.39 is 18.1 Å². The van der Waals surface area contributed by atoms with Gasteiger partial charge in [0.25, 0.3) is 5.91 Å². The molecule has 4 aromatic rings. The van der Waals surface area contributed by atoms with Gasteiger partial charge < -0.3 is 24.4 Å². The zero-order valence-electron chi connectivity index (χ0n) is 25.7. The molecule has 47 heavy (non-hydrogen) atoms. The molecule has 6 heterocycles. The minimum atomic E-state index is -0.802. The summed E-state index contributed by atoms with van der Waals surface area (Å²) in [6, 6.07) is 20.2. The lowest BCUT2D eigenvalue weighted by molar-refractivity contribution is -0.145. The molecular formula is C36H34N4O5S2. The highest BCUT2D eigenvalue weighted by Gasteiger charge is 2.34. The highest BCUT2D eigenvalue weighted by Crippen LogP contribution is 2.40. The van der Waals surface area contributed by atoms with Gasteiger partial charge in [0.15, 0.2) is 11.5 Å². The maximum absolute atomic E-state index is 14.0. The number of nitrogens with one attached hydrogen (secondary N) is 1. The molecule has 0 bridgehead atoms. The third kappa shape index (κ3) is 7.43. The number of ether oxygens (including phenoxy) is 3. The lowest BCUT2D eigenvalue weighted by Gasteiger charge is -2.32. The van der Waals surface area contributed by atoms with Crippen LogP contribution in [0.15, 0.2) is 96.2 Å². The number of nitrogens with zero attached hydrogens (tertiary/aromatic N) is 3. The predicted octanol–water partition coefficient (Wildman–Crippen LogP) is 6.52. The number of rotatable bonds is 10. The Hall–Kier alpha value is -4.45. The molecule has 7 rings (SSSR count). The summed E-state index contributed by atoms with van der Waals surface area (Å²) < 4.78 is 18.1. The van der Waals surface area contributed by atoms with Crippen molar-refractivity contribution in [1.82, 2.24) is 20.2 Å². The van der Waals surface area contributed by atoms with Crippen molar-refractivity contribution >= 4 is 39.9 Å². The van der Waals surface area contributed by atoms with Crippen LogP contribution in [0.1, 0.15) is 46.3 Å². The zero-order valence-corrected chi connectivity index (χ0v) is 27.3. The zero-order chi connectivity index (χ0) is 32.0. The van der Waals surface area contributed by atoms with E-state index in [-0.39, 0.29) is 5.91 Å². The second kappa shape index (κ2) is 14.5. The molecule has 0 spiro atoms. The molecule has 0 radical (unpaired) electrons. The van der Waals surface area contributed by atoms with E-state index in [1.54, 1.807) is 12.4 Å². The highest BCUT2D eigenvalue weighted by molar-refractivity contribution is 8.12. The number of carbonyl (C=O) groups excluding carboxylic acids is 2. The van der Waals surface area contributed by atoms with E-state index in [0.29, 0.717) is 53.0 Å². The fourth-order valence-electron chi connectivity index (χ4n) is 5.86. The van der Waals surface area contributed by atoms with Gasteiger partial charge in [-0.3, -0.25) is 14.8 Å². The van der Waals surface area contributed by atoms with Crippen LogP contribution in [0.4, 0.5) is 0 Å². The van der Waals surface area contributed by atoms with Crippen LogP contribution in [0, 0.1) is 0 Å². The van der Waals surface area contributed by atoms with Gasteiger partial charge in [0, 0.05) is 23.8 Å². The van der Waals surface area contributed by atoms with Crippen molar-refractivity contribution in [3.05, 3.63) is 112 Å². The van der Waals surface area contributed by atoms with E-state index in [2.05, 4.69) is 26.3 Å². The topological polar surface area (TPSA) is 103 Å². The van der Waals surface area contributed by atoms with Crippen molar-refractivity contribution in [1.29, 1.82) is 0 Å². The Morgan fingerprint density at radius 3 is 2.43 bits per heavy atom. The number of carbonyl (C=O) groups is 2. The van der Waals surface area contributed by atoms with E-state index in [1.807, 2.05) is 72.8 Å². The average molecular weight is 667 g/mol. The van der Waals surface area contributed by atoms with Gasteiger partial charge in [0.1, 0.15) is 19.3 Å². The minimum Gasteiger partial charge on any atom is -0.486 e. The van der Waals surface area contributed by atoms with Gasteiger partial charge in [-0.05, 0) is 86.4 Å².